The maximum Gasteiger partial charge on any atom is 0.256 e. The van der Waals surface area contributed by atoms with E-state index in [4.69, 9.17) is 11.6 Å². The van der Waals surface area contributed by atoms with Crippen LogP contribution in [0.3, 0.4) is 0 Å². The molecule has 0 saturated heterocycles. The molecule has 3 heteroatoms. The minimum absolute atomic E-state index is 0.0122. The Balaban J connectivity index is 1.71. The molecule has 0 aromatic heterocycles. The van der Waals surface area contributed by atoms with E-state index in [0.717, 1.165) is 29.7 Å². The van der Waals surface area contributed by atoms with E-state index in [-0.39, 0.29) is 5.91 Å². The van der Waals surface area contributed by atoms with Gasteiger partial charge in [0.2, 0.25) is 0 Å². The van der Waals surface area contributed by atoms with E-state index >= 15 is 0 Å². The van der Waals surface area contributed by atoms with Crippen molar-refractivity contribution < 1.29 is 4.79 Å². The summed E-state index contributed by atoms with van der Waals surface area (Å²) in [6.07, 6.45) is 9.01. The van der Waals surface area contributed by atoms with Gasteiger partial charge in [0.25, 0.3) is 5.91 Å². The van der Waals surface area contributed by atoms with Gasteiger partial charge < -0.3 is 5.32 Å². The highest BCUT2D eigenvalue weighted by Crippen LogP contribution is 2.43. The number of allylic oxidation sites excluding steroid dienone is 5. The highest BCUT2D eigenvalue weighted by Gasteiger charge is 2.27. The summed E-state index contributed by atoms with van der Waals surface area (Å²) >= 11 is 5.87. The van der Waals surface area contributed by atoms with Gasteiger partial charge >= 0.3 is 0 Å². The normalized spacial score (nSPS) is 21.4. The zero-order valence-electron chi connectivity index (χ0n) is 14.0. The van der Waals surface area contributed by atoms with Crippen molar-refractivity contribution in [2.45, 2.75) is 45.4 Å². The topological polar surface area (TPSA) is 29.1 Å². The lowest BCUT2D eigenvalue weighted by Gasteiger charge is -2.14. The molecule has 0 unspecified atom stereocenters. The molecule has 4 rings (SSSR count). The van der Waals surface area contributed by atoms with Crippen molar-refractivity contribution in [3.8, 4) is 0 Å². The number of carbonyl (C=O) groups excluding carboxylic acids is 1. The van der Waals surface area contributed by atoms with E-state index in [1.54, 1.807) is 11.1 Å². The summed E-state index contributed by atoms with van der Waals surface area (Å²) in [7, 11) is 0. The van der Waals surface area contributed by atoms with Crippen LogP contribution < -0.4 is 5.32 Å². The van der Waals surface area contributed by atoms with E-state index in [2.05, 4.69) is 24.4 Å². The standard InChI is InChI=1S/C21H22ClNO/c1-13-16(11-15-4-2-3-5-17(13)15)12-19-18-10-14(8-9-22)6-7-20(18)23-21(19)24/h6-7,10,12H,2-5,8-9,11H2,1H3,(H,23,24). The number of hydrogen-bond donors (Lipinski definition) is 1. The van der Waals surface area contributed by atoms with E-state index in [1.807, 2.05) is 12.1 Å². The number of nitrogens with one attached hydrogen (secondary N) is 1. The summed E-state index contributed by atoms with van der Waals surface area (Å²) in [4.78, 5) is 12.5. The molecule has 0 radical (unpaired) electrons. The van der Waals surface area contributed by atoms with Crippen molar-refractivity contribution in [1.82, 2.24) is 0 Å². The summed E-state index contributed by atoms with van der Waals surface area (Å²) in [5.41, 5.74) is 9.79. The van der Waals surface area contributed by atoms with Gasteiger partial charge in [-0.1, -0.05) is 11.6 Å². The largest absolute Gasteiger partial charge is 0.321 e. The van der Waals surface area contributed by atoms with E-state index < -0.39 is 0 Å². The van der Waals surface area contributed by atoms with E-state index in [0.29, 0.717) is 5.88 Å². The number of amides is 1. The molecule has 1 amide bonds. The van der Waals surface area contributed by atoms with Crippen molar-refractivity contribution >= 4 is 28.8 Å². The molecule has 1 N–H and O–H groups in total. The zero-order valence-corrected chi connectivity index (χ0v) is 14.8. The summed E-state index contributed by atoms with van der Waals surface area (Å²) in [6.45, 7) is 2.22. The molecule has 2 aliphatic carbocycles. The lowest BCUT2D eigenvalue weighted by Crippen LogP contribution is -2.04. The van der Waals surface area contributed by atoms with Crippen LogP contribution in [0.5, 0.6) is 0 Å². The van der Waals surface area contributed by atoms with Crippen molar-refractivity contribution in [3.63, 3.8) is 0 Å². The van der Waals surface area contributed by atoms with Crippen LogP contribution in [0.25, 0.3) is 5.57 Å². The molecule has 1 aliphatic heterocycles. The summed E-state index contributed by atoms with van der Waals surface area (Å²) < 4.78 is 0. The Morgan fingerprint density at radius 2 is 2.08 bits per heavy atom. The van der Waals surface area contributed by atoms with Gasteiger partial charge in [-0.25, -0.2) is 0 Å². The van der Waals surface area contributed by atoms with Gasteiger partial charge in [-0.05, 0) is 85.9 Å². The first kappa shape index (κ1) is 15.7. The number of benzene rings is 1. The van der Waals surface area contributed by atoms with Gasteiger partial charge in [0, 0.05) is 22.7 Å². The summed E-state index contributed by atoms with van der Waals surface area (Å²) in [5, 5.41) is 2.99. The van der Waals surface area contributed by atoms with Gasteiger partial charge in [0.1, 0.15) is 0 Å². The lowest BCUT2D eigenvalue weighted by molar-refractivity contribution is -0.110. The average molecular weight is 340 g/mol. The van der Waals surface area contributed by atoms with Gasteiger partial charge in [-0.15, -0.1) is 11.6 Å². The molecule has 3 aliphatic rings. The number of hydrogen-bond acceptors (Lipinski definition) is 1. The Kier molecular flexibility index (Phi) is 4.09. The van der Waals surface area contributed by atoms with Crippen molar-refractivity contribution in [3.05, 3.63) is 57.7 Å². The second kappa shape index (κ2) is 6.25. The van der Waals surface area contributed by atoms with Gasteiger partial charge in [-0.3, -0.25) is 4.79 Å². The van der Waals surface area contributed by atoms with E-state index in [1.165, 1.54) is 42.4 Å². The number of alkyl halides is 1. The maximum atomic E-state index is 12.5. The third kappa shape index (κ3) is 2.63. The number of anilines is 1. The molecule has 0 bridgehead atoms. The Bertz CT molecular complexity index is 813. The molecule has 0 atom stereocenters. The van der Waals surface area contributed by atoms with Crippen LogP contribution in [0, 0.1) is 0 Å². The third-order valence-electron chi connectivity index (χ3n) is 5.49. The molecule has 1 heterocycles. The predicted octanol–water partition coefficient (Wildman–Crippen LogP) is 5.39. The zero-order chi connectivity index (χ0) is 16.7. The average Bonchev–Trinajstić information content (AvgIpc) is 3.06. The molecule has 0 saturated carbocycles. The number of rotatable bonds is 3. The minimum atomic E-state index is 0.0122. The Morgan fingerprint density at radius 1 is 1.25 bits per heavy atom. The smallest absolute Gasteiger partial charge is 0.256 e. The lowest BCUT2D eigenvalue weighted by atomic mass is 9.91. The van der Waals surface area contributed by atoms with Crippen LogP contribution in [0.4, 0.5) is 5.69 Å². The second-order valence-electron chi connectivity index (χ2n) is 6.95. The number of fused-ring (bicyclic) bond motifs is 1. The first-order valence-electron chi connectivity index (χ1n) is 8.80. The van der Waals surface area contributed by atoms with Gasteiger partial charge in [0.15, 0.2) is 0 Å². The quantitative estimate of drug-likeness (QED) is 0.580. The highest BCUT2D eigenvalue weighted by molar-refractivity contribution is 6.32. The number of aryl methyl sites for hydroxylation is 1. The molecule has 124 valence electrons. The molecule has 0 fully saturated rings. The molecule has 0 spiro atoms. The predicted molar refractivity (Wildman–Crippen MR) is 100 cm³/mol. The third-order valence-corrected chi connectivity index (χ3v) is 5.68. The highest BCUT2D eigenvalue weighted by atomic mass is 35.5. The minimum Gasteiger partial charge on any atom is -0.321 e. The van der Waals surface area contributed by atoms with Crippen LogP contribution in [0.15, 0.2) is 46.6 Å². The SMILES string of the molecule is CC1=C(C=C2C(=O)Nc3ccc(CCCl)cc32)CC2=C1CCCC2. The Hall–Kier alpha value is -1.80. The molecule has 1 aromatic rings. The number of carbonyl (C=O) groups is 1. The molecule has 24 heavy (non-hydrogen) atoms. The summed E-state index contributed by atoms with van der Waals surface area (Å²) in [5.74, 6) is 0.610. The van der Waals surface area contributed by atoms with Crippen LogP contribution >= 0.6 is 11.6 Å². The Labute approximate surface area is 148 Å². The monoisotopic (exact) mass is 339 g/mol. The molecular formula is C21H22ClNO. The molecule has 1 aromatic carbocycles. The summed E-state index contributed by atoms with van der Waals surface area (Å²) in [6, 6.07) is 6.15. The second-order valence-corrected chi connectivity index (χ2v) is 7.33. The van der Waals surface area contributed by atoms with Gasteiger partial charge in [0.05, 0.1) is 0 Å². The fourth-order valence-electron chi connectivity index (χ4n) is 4.15. The van der Waals surface area contributed by atoms with Crippen molar-refractivity contribution in [1.29, 1.82) is 0 Å². The number of halogens is 1. The van der Waals surface area contributed by atoms with Crippen LogP contribution in [-0.2, 0) is 11.2 Å². The molecule has 2 nitrogen and oxygen atoms in total. The first-order valence-corrected chi connectivity index (χ1v) is 9.34. The van der Waals surface area contributed by atoms with Crippen LogP contribution in [-0.4, -0.2) is 11.8 Å². The first-order chi connectivity index (χ1) is 11.7. The van der Waals surface area contributed by atoms with Gasteiger partial charge in [-0.2, -0.15) is 0 Å². The fraction of sp³-hybridized carbons (Fsp3) is 0.381. The van der Waals surface area contributed by atoms with E-state index in [9.17, 15) is 4.79 Å². The van der Waals surface area contributed by atoms with Crippen molar-refractivity contribution in [2.75, 3.05) is 11.2 Å². The maximum absolute atomic E-state index is 12.5. The van der Waals surface area contributed by atoms with Crippen LogP contribution in [0.1, 0.15) is 50.2 Å². The Morgan fingerprint density at radius 3 is 2.88 bits per heavy atom. The van der Waals surface area contributed by atoms with Crippen molar-refractivity contribution in [2.24, 2.45) is 0 Å². The van der Waals surface area contributed by atoms with Crippen LogP contribution in [0.2, 0.25) is 0 Å². The molecular weight excluding hydrogens is 318 g/mol. The fourth-order valence-corrected chi connectivity index (χ4v) is 4.37.